The van der Waals surface area contributed by atoms with E-state index in [9.17, 15) is 4.79 Å². The SMILES string of the molecule is CC=C[C@H](CC(=O)O)c1ccc(OCc2cccc3c2cnn3Cc2ccccc2)cc1. The smallest absolute Gasteiger partial charge is 0.304 e. The van der Waals surface area contributed by atoms with Crippen molar-refractivity contribution in [3.8, 4) is 5.75 Å². The molecule has 32 heavy (non-hydrogen) atoms. The lowest BCUT2D eigenvalue weighted by molar-refractivity contribution is -0.137. The van der Waals surface area contributed by atoms with Crippen molar-refractivity contribution >= 4 is 16.9 Å². The fourth-order valence-electron chi connectivity index (χ4n) is 3.86. The van der Waals surface area contributed by atoms with E-state index in [4.69, 9.17) is 9.84 Å². The Morgan fingerprint density at radius 1 is 1.06 bits per heavy atom. The van der Waals surface area contributed by atoms with E-state index < -0.39 is 5.97 Å². The molecule has 4 aromatic rings. The number of nitrogens with zero attached hydrogens (tertiary/aromatic N) is 2. The predicted molar refractivity (Wildman–Crippen MR) is 126 cm³/mol. The number of fused-ring (bicyclic) bond motifs is 1. The quantitative estimate of drug-likeness (QED) is 0.344. The molecule has 0 amide bonds. The molecule has 0 radical (unpaired) electrons. The number of hydrogen-bond acceptors (Lipinski definition) is 3. The summed E-state index contributed by atoms with van der Waals surface area (Å²) in [6.45, 7) is 3.05. The Bertz CT molecular complexity index is 1210. The van der Waals surface area contributed by atoms with Crippen LogP contribution in [-0.4, -0.2) is 20.9 Å². The van der Waals surface area contributed by atoms with Crippen molar-refractivity contribution in [1.29, 1.82) is 0 Å². The molecule has 4 rings (SSSR count). The average molecular weight is 427 g/mol. The molecule has 0 bridgehead atoms. The summed E-state index contributed by atoms with van der Waals surface area (Å²) in [6.07, 6.45) is 5.77. The van der Waals surface area contributed by atoms with Gasteiger partial charge in [0.1, 0.15) is 12.4 Å². The van der Waals surface area contributed by atoms with Crippen LogP contribution in [0.1, 0.15) is 36.0 Å². The van der Waals surface area contributed by atoms with Gasteiger partial charge in [-0.2, -0.15) is 5.10 Å². The summed E-state index contributed by atoms with van der Waals surface area (Å²) in [5.41, 5.74) is 4.32. The molecule has 0 saturated carbocycles. The van der Waals surface area contributed by atoms with Gasteiger partial charge in [-0.05, 0) is 36.2 Å². The van der Waals surface area contributed by atoms with Gasteiger partial charge >= 0.3 is 5.97 Å². The first-order valence-corrected chi connectivity index (χ1v) is 10.7. The summed E-state index contributed by atoms with van der Waals surface area (Å²) >= 11 is 0. The van der Waals surface area contributed by atoms with Gasteiger partial charge in [-0.15, -0.1) is 0 Å². The van der Waals surface area contributed by atoms with E-state index in [1.165, 1.54) is 5.56 Å². The number of carbonyl (C=O) groups is 1. The fraction of sp³-hybridized carbons (Fsp3) is 0.185. The molecule has 0 unspecified atom stereocenters. The van der Waals surface area contributed by atoms with Gasteiger partial charge in [-0.3, -0.25) is 9.48 Å². The molecule has 1 atom stereocenters. The van der Waals surface area contributed by atoms with E-state index in [2.05, 4.69) is 29.4 Å². The molecule has 0 aliphatic rings. The predicted octanol–water partition coefficient (Wildman–Crippen LogP) is 5.80. The number of allylic oxidation sites excluding steroid dienone is 2. The van der Waals surface area contributed by atoms with Gasteiger partial charge in [0.2, 0.25) is 0 Å². The maximum atomic E-state index is 11.1. The standard InChI is InChI=1S/C27H26N2O3/c1-2-7-22(16-27(30)31)21-12-14-24(15-13-21)32-19-23-10-6-11-26-25(23)17-28-29(26)18-20-8-4-3-5-9-20/h2-15,17,22H,16,18-19H2,1H3,(H,30,31)/t22-/m1/s1. The Labute approximate surface area is 187 Å². The molecular formula is C27H26N2O3. The van der Waals surface area contributed by atoms with Crippen molar-refractivity contribution in [2.75, 3.05) is 0 Å². The number of ether oxygens (including phenoxy) is 1. The van der Waals surface area contributed by atoms with Gasteiger partial charge in [0.25, 0.3) is 0 Å². The minimum absolute atomic E-state index is 0.0690. The minimum Gasteiger partial charge on any atom is -0.489 e. The monoisotopic (exact) mass is 426 g/mol. The number of aliphatic carboxylic acids is 1. The molecule has 3 aromatic carbocycles. The second-order valence-electron chi connectivity index (χ2n) is 7.73. The highest BCUT2D eigenvalue weighted by Crippen LogP contribution is 2.25. The van der Waals surface area contributed by atoms with Crippen LogP contribution in [0, 0.1) is 0 Å². The third kappa shape index (κ3) is 5.06. The first-order chi connectivity index (χ1) is 15.6. The Morgan fingerprint density at radius 3 is 2.56 bits per heavy atom. The van der Waals surface area contributed by atoms with Gasteiger partial charge in [0.05, 0.1) is 24.7 Å². The second-order valence-corrected chi connectivity index (χ2v) is 7.73. The van der Waals surface area contributed by atoms with Crippen LogP contribution in [0.5, 0.6) is 5.75 Å². The van der Waals surface area contributed by atoms with Gasteiger partial charge in [0, 0.05) is 16.9 Å². The van der Waals surface area contributed by atoms with Crippen LogP contribution in [0.25, 0.3) is 10.9 Å². The van der Waals surface area contributed by atoms with Crippen LogP contribution in [-0.2, 0) is 17.9 Å². The van der Waals surface area contributed by atoms with Crippen molar-refractivity contribution in [3.63, 3.8) is 0 Å². The van der Waals surface area contributed by atoms with E-state index >= 15 is 0 Å². The lowest BCUT2D eigenvalue weighted by Gasteiger charge is -2.12. The zero-order valence-corrected chi connectivity index (χ0v) is 18.0. The van der Waals surface area contributed by atoms with Crippen molar-refractivity contribution in [3.05, 3.63) is 108 Å². The maximum absolute atomic E-state index is 11.1. The van der Waals surface area contributed by atoms with Crippen LogP contribution in [0.2, 0.25) is 0 Å². The molecule has 0 saturated heterocycles. The van der Waals surface area contributed by atoms with Crippen molar-refractivity contribution in [2.24, 2.45) is 0 Å². The van der Waals surface area contributed by atoms with Crippen LogP contribution >= 0.6 is 0 Å². The van der Waals surface area contributed by atoms with Crippen LogP contribution in [0.4, 0.5) is 0 Å². The van der Waals surface area contributed by atoms with E-state index in [0.717, 1.165) is 34.3 Å². The van der Waals surface area contributed by atoms with Crippen molar-refractivity contribution < 1.29 is 14.6 Å². The number of hydrogen-bond donors (Lipinski definition) is 1. The summed E-state index contributed by atoms with van der Waals surface area (Å²) in [5, 5.41) is 14.8. The lowest BCUT2D eigenvalue weighted by Crippen LogP contribution is -2.04. The van der Waals surface area contributed by atoms with Gasteiger partial charge in [-0.25, -0.2) is 0 Å². The molecule has 162 valence electrons. The van der Waals surface area contributed by atoms with Gasteiger partial charge in [-0.1, -0.05) is 66.7 Å². The zero-order valence-electron chi connectivity index (χ0n) is 18.0. The summed E-state index contributed by atoms with van der Waals surface area (Å²) in [4.78, 5) is 11.1. The molecule has 1 N–H and O–H groups in total. The number of aromatic nitrogens is 2. The molecule has 0 aliphatic carbocycles. The highest BCUT2D eigenvalue weighted by atomic mass is 16.5. The van der Waals surface area contributed by atoms with E-state index in [1.807, 2.05) is 78.5 Å². The summed E-state index contributed by atoms with van der Waals surface area (Å²) in [7, 11) is 0. The van der Waals surface area contributed by atoms with Gasteiger partial charge in [0.15, 0.2) is 0 Å². The Kier molecular flexibility index (Phi) is 6.66. The number of rotatable bonds is 9. The minimum atomic E-state index is -0.811. The first kappa shape index (κ1) is 21.4. The zero-order chi connectivity index (χ0) is 22.3. The molecule has 0 fully saturated rings. The lowest BCUT2D eigenvalue weighted by atomic mass is 9.95. The number of benzene rings is 3. The molecular weight excluding hydrogens is 400 g/mol. The summed E-state index contributed by atoms with van der Waals surface area (Å²) in [6, 6.07) is 24.1. The third-order valence-corrected chi connectivity index (χ3v) is 5.47. The number of carboxylic acid groups (broad SMARTS) is 1. The van der Waals surface area contributed by atoms with Crippen LogP contribution in [0.3, 0.4) is 0 Å². The Hall–Kier alpha value is -3.86. The van der Waals surface area contributed by atoms with Crippen molar-refractivity contribution in [2.45, 2.75) is 32.4 Å². The van der Waals surface area contributed by atoms with E-state index in [0.29, 0.717) is 6.61 Å². The Balaban J connectivity index is 1.47. The fourth-order valence-corrected chi connectivity index (χ4v) is 3.86. The summed E-state index contributed by atoms with van der Waals surface area (Å²) in [5.74, 6) is -0.206. The highest BCUT2D eigenvalue weighted by Gasteiger charge is 2.13. The largest absolute Gasteiger partial charge is 0.489 e. The second kappa shape index (κ2) is 9.96. The molecule has 0 spiro atoms. The normalized spacial score (nSPS) is 12.3. The molecule has 1 aromatic heterocycles. The molecule has 1 heterocycles. The maximum Gasteiger partial charge on any atom is 0.304 e. The number of carboxylic acids is 1. The summed E-state index contributed by atoms with van der Waals surface area (Å²) < 4.78 is 8.04. The Morgan fingerprint density at radius 2 is 1.84 bits per heavy atom. The van der Waals surface area contributed by atoms with E-state index in [1.54, 1.807) is 0 Å². The third-order valence-electron chi connectivity index (χ3n) is 5.47. The van der Waals surface area contributed by atoms with E-state index in [-0.39, 0.29) is 12.3 Å². The topological polar surface area (TPSA) is 64.3 Å². The molecule has 5 nitrogen and oxygen atoms in total. The highest BCUT2D eigenvalue weighted by molar-refractivity contribution is 5.82. The first-order valence-electron chi connectivity index (χ1n) is 10.7. The van der Waals surface area contributed by atoms with Crippen LogP contribution in [0.15, 0.2) is 91.1 Å². The molecule has 5 heteroatoms. The van der Waals surface area contributed by atoms with Crippen molar-refractivity contribution in [1.82, 2.24) is 9.78 Å². The van der Waals surface area contributed by atoms with Crippen LogP contribution < -0.4 is 4.74 Å². The van der Waals surface area contributed by atoms with Gasteiger partial charge < -0.3 is 9.84 Å². The average Bonchev–Trinajstić information content (AvgIpc) is 3.21. The molecule has 0 aliphatic heterocycles.